The van der Waals surface area contributed by atoms with Gasteiger partial charge in [-0.15, -0.1) is 0 Å². The summed E-state index contributed by atoms with van der Waals surface area (Å²) in [4.78, 5) is 0. The van der Waals surface area contributed by atoms with Crippen molar-refractivity contribution in [1.29, 1.82) is 0 Å². The second-order valence-electron chi connectivity index (χ2n) is 6.67. The number of rotatable bonds is 6. The molecule has 4 rings (SSSR count). The summed E-state index contributed by atoms with van der Waals surface area (Å²) >= 11 is 0. The average molecular weight is 374 g/mol. The van der Waals surface area contributed by atoms with Crippen LogP contribution in [0.1, 0.15) is 5.56 Å². The highest BCUT2D eigenvalue weighted by atomic mass is 16.3. The quantitative estimate of drug-likeness (QED) is 0.311. The van der Waals surface area contributed by atoms with Crippen molar-refractivity contribution in [2.45, 2.75) is 0 Å². The molecule has 0 spiro atoms. The van der Waals surface area contributed by atoms with E-state index in [0.29, 0.717) is 0 Å². The van der Waals surface area contributed by atoms with Crippen molar-refractivity contribution in [2.75, 3.05) is 0 Å². The molecule has 1 heterocycles. The smallest absolute Gasteiger partial charge is 0.143 e. The minimum absolute atomic E-state index is 0.830. The topological polar surface area (TPSA) is 13.1 Å². The molecule has 29 heavy (non-hydrogen) atoms. The minimum atomic E-state index is 0.830. The van der Waals surface area contributed by atoms with E-state index in [1.807, 2.05) is 66.7 Å². The molecule has 1 aromatic heterocycles. The van der Waals surface area contributed by atoms with E-state index >= 15 is 0 Å². The van der Waals surface area contributed by atoms with Crippen LogP contribution in [0.15, 0.2) is 127 Å². The summed E-state index contributed by atoms with van der Waals surface area (Å²) in [5.74, 6) is 1.68. The number of benzene rings is 3. The van der Waals surface area contributed by atoms with E-state index < -0.39 is 0 Å². The summed E-state index contributed by atoms with van der Waals surface area (Å²) < 4.78 is 6.58. The van der Waals surface area contributed by atoms with Gasteiger partial charge in [-0.05, 0) is 11.1 Å². The van der Waals surface area contributed by atoms with E-state index in [2.05, 4.69) is 49.6 Å². The lowest BCUT2D eigenvalue weighted by Gasteiger charge is -2.09. The monoisotopic (exact) mass is 374 g/mol. The molecule has 0 N–H and O–H groups in total. The standard InChI is InChI=1S/C28H22O/c1-3-14-21(4-2)25-26(22-15-8-5-9-16-22)28(24-19-12-7-13-20-24)29-27(25)23-17-10-6-11-18-23/h3-20H,1-2H2/b21-14+. The minimum Gasteiger partial charge on any atom is -0.455 e. The molecule has 0 saturated heterocycles. The Bertz CT molecular complexity index is 1150. The number of furan rings is 1. The molecule has 0 amide bonds. The Morgan fingerprint density at radius 1 is 0.621 bits per heavy atom. The molecule has 140 valence electrons. The van der Waals surface area contributed by atoms with Gasteiger partial charge < -0.3 is 4.42 Å². The molecule has 0 fully saturated rings. The molecule has 1 heteroatoms. The fourth-order valence-corrected chi connectivity index (χ4v) is 3.55. The highest BCUT2D eigenvalue weighted by molar-refractivity contribution is 5.98. The summed E-state index contributed by atoms with van der Waals surface area (Å²) in [6, 6.07) is 30.8. The fourth-order valence-electron chi connectivity index (χ4n) is 3.55. The van der Waals surface area contributed by atoms with Gasteiger partial charge in [-0.2, -0.15) is 0 Å². The molecular weight excluding hydrogens is 352 g/mol. The van der Waals surface area contributed by atoms with E-state index in [1.165, 1.54) is 0 Å². The van der Waals surface area contributed by atoms with Gasteiger partial charge in [0.2, 0.25) is 0 Å². The van der Waals surface area contributed by atoms with E-state index in [9.17, 15) is 0 Å². The van der Waals surface area contributed by atoms with Crippen molar-refractivity contribution < 1.29 is 4.42 Å². The van der Waals surface area contributed by atoms with Gasteiger partial charge in [-0.3, -0.25) is 0 Å². The zero-order chi connectivity index (χ0) is 20.1. The molecule has 0 aliphatic carbocycles. The van der Waals surface area contributed by atoms with Crippen molar-refractivity contribution in [2.24, 2.45) is 0 Å². The Kier molecular flexibility index (Phi) is 5.40. The van der Waals surface area contributed by atoms with Crippen LogP contribution in [0.5, 0.6) is 0 Å². The van der Waals surface area contributed by atoms with Crippen LogP contribution in [0.3, 0.4) is 0 Å². The van der Waals surface area contributed by atoms with Gasteiger partial charge in [0.15, 0.2) is 0 Å². The summed E-state index contributed by atoms with van der Waals surface area (Å²) in [6.45, 7) is 7.94. The first-order chi connectivity index (χ1) is 14.3. The molecule has 0 aliphatic rings. The highest BCUT2D eigenvalue weighted by Gasteiger charge is 2.24. The second kappa shape index (κ2) is 8.45. The number of hydrogen-bond donors (Lipinski definition) is 0. The second-order valence-corrected chi connectivity index (χ2v) is 6.67. The van der Waals surface area contributed by atoms with Gasteiger partial charge >= 0.3 is 0 Å². The van der Waals surface area contributed by atoms with Crippen LogP contribution in [0.2, 0.25) is 0 Å². The maximum Gasteiger partial charge on any atom is 0.143 e. The Morgan fingerprint density at radius 2 is 1.10 bits per heavy atom. The number of hydrogen-bond acceptors (Lipinski definition) is 1. The van der Waals surface area contributed by atoms with Crippen LogP contribution in [-0.2, 0) is 0 Å². The highest BCUT2D eigenvalue weighted by Crippen LogP contribution is 2.46. The van der Waals surface area contributed by atoms with Gasteiger partial charge in [-0.1, -0.05) is 122 Å². The summed E-state index contributed by atoms with van der Waals surface area (Å²) in [6.07, 6.45) is 5.63. The Balaban J connectivity index is 2.13. The van der Waals surface area contributed by atoms with Crippen LogP contribution in [0.4, 0.5) is 0 Å². The van der Waals surface area contributed by atoms with Crippen molar-refractivity contribution in [3.63, 3.8) is 0 Å². The third-order valence-electron chi connectivity index (χ3n) is 4.85. The average Bonchev–Trinajstić information content (AvgIpc) is 3.19. The normalized spacial score (nSPS) is 11.2. The molecule has 3 aromatic carbocycles. The SMILES string of the molecule is C=C/C=C(\C=C)c1c(-c2ccccc2)oc(-c2ccccc2)c1-c1ccccc1. The van der Waals surface area contributed by atoms with Crippen molar-refractivity contribution in [3.8, 4) is 33.8 Å². The van der Waals surface area contributed by atoms with E-state index in [0.717, 1.165) is 44.9 Å². The lowest BCUT2D eigenvalue weighted by atomic mass is 9.91. The van der Waals surface area contributed by atoms with Crippen LogP contribution < -0.4 is 0 Å². The van der Waals surface area contributed by atoms with Crippen molar-refractivity contribution in [1.82, 2.24) is 0 Å². The van der Waals surface area contributed by atoms with Gasteiger partial charge in [0, 0.05) is 22.3 Å². The van der Waals surface area contributed by atoms with E-state index in [1.54, 1.807) is 6.08 Å². The van der Waals surface area contributed by atoms with Crippen LogP contribution in [-0.4, -0.2) is 0 Å². The predicted molar refractivity (Wildman–Crippen MR) is 123 cm³/mol. The lowest BCUT2D eigenvalue weighted by molar-refractivity contribution is 0.597. The zero-order valence-electron chi connectivity index (χ0n) is 16.2. The third kappa shape index (κ3) is 3.63. The van der Waals surface area contributed by atoms with Crippen LogP contribution in [0.25, 0.3) is 39.3 Å². The Labute approximate surface area is 172 Å². The molecule has 0 radical (unpaired) electrons. The Morgan fingerprint density at radius 3 is 1.59 bits per heavy atom. The molecule has 0 atom stereocenters. The van der Waals surface area contributed by atoms with Gasteiger partial charge in [-0.25, -0.2) is 0 Å². The van der Waals surface area contributed by atoms with Gasteiger partial charge in [0.05, 0.1) is 0 Å². The molecule has 0 bridgehead atoms. The van der Waals surface area contributed by atoms with Crippen LogP contribution in [0, 0.1) is 0 Å². The molecule has 0 unspecified atom stereocenters. The van der Waals surface area contributed by atoms with Crippen LogP contribution >= 0.6 is 0 Å². The van der Waals surface area contributed by atoms with Gasteiger partial charge in [0.1, 0.15) is 11.5 Å². The first-order valence-electron chi connectivity index (χ1n) is 9.62. The first-order valence-corrected chi connectivity index (χ1v) is 9.62. The Hall–Kier alpha value is -3.84. The zero-order valence-corrected chi connectivity index (χ0v) is 16.2. The summed E-state index contributed by atoms with van der Waals surface area (Å²) in [7, 11) is 0. The lowest BCUT2D eigenvalue weighted by Crippen LogP contribution is -1.88. The maximum atomic E-state index is 6.58. The fraction of sp³-hybridized carbons (Fsp3) is 0. The van der Waals surface area contributed by atoms with E-state index in [-0.39, 0.29) is 0 Å². The maximum absolute atomic E-state index is 6.58. The summed E-state index contributed by atoms with van der Waals surface area (Å²) in [5, 5.41) is 0. The molecule has 4 aromatic rings. The third-order valence-corrected chi connectivity index (χ3v) is 4.85. The van der Waals surface area contributed by atoms with Crippen molar-refractivity contribution in [3.05, 3.63) is 128 Å². The summed E-state index contributed by atoms with van der Waals surface area (Å²) in [5.41, 5.74) is 6.23. The van der Waals surface area contributed by atoms with Crippen molar-refractivity contribution >= 4 is 5.57 Å². The predicted octanol–water partition coefficient (Wildman–Crippen LogP) is 8.04. The molecule has 1 nitrogen and oxygen atoms in total. The molecule has 0 saturated carbocycles. The molecular formula is C28H22O. The first kappa shape index (κ1) is 18.5. The van der Waals surface area contributed by atoms with E-state index in [4.69, 9.17) is 4.42 Å². The van der Waals surface area contributed by atoms with Gasteiger partial charge in [0.25, 0.3) is 0 Å². The molecule has 0 aliphatic heterocycles. The number of allylic oxidation sites excluding steroid dienone is 4. The largest absolute Gasteiger partial charge is 0.455 e.